The van der Waals surface area contributed by atoms with Gasteiger partial charge in [-0.05, 0) is 23.8 Å². The molecule has 20 heavy (non-hydrogen) atoms. The van der Waals surface area contributed by atoms with Crippen LogP contribution in [0.2, 0.25) is 0 Å². The molecule has 1 heterocycles. The summed E-state index contributed by atoms with van der Waals surface area (Å²) in [6, 6.07) is 5.67. The van der Waals surface area contributed by atoms with Crippen LogP contribution in [-0.2, 0) is 14.3 Å². The Balaban J connectivity index is 2.26. The van der Waals surface area contributed by atoms with Crippen LogP contribution in [0.1, 0.15) is 18.6 Å². The molecule has 0 amide bonds. The van der Waals surface area contributed by atoms with Crippen molar-refractivity contribution in [3.05, 3.63) is 52.3 Å². The third-order valence-corrected chi connectivity index (χ3v) is 2.87. The van der Waals surface area contributed by atoms with Crippen molar-refractivity contribution in [2.45, 2.75) is 25.2 Å². The summed E-state index contributed by atoms with van der Waals surface area (Å²) in [5.74, 6) is -0.542. The van der Waals surface area contributed by atoms with E-state index in [9.17, 15) is 20.0 Å². The molecule has 0 radical (unpaired) electrons. The van der Waals surface area contributed by atoms with Gasteiger partial charge in [0.25, 0.3) is 5.69 Å². The van der Waals surface area contributed by atoms with Crippen LogP contribution in [0.15, 0.2) is 36.6 Å². The maximum absolute atomic E-state index is 11.1. The van der Waals surface area contributed by atoms with Gasteiger partial charge in [-0.3, -0.25) is 14.9 Å². The van der Waals surface area contributed by atoms with Crippen molar-refractivity contribution in [3.8, 4) is 0 Å². The molecule has 7 heteroatoms. The van der Waals surface area contributed by atoms with E-state index >= 15 is 0 Å². The minimum absolute atomic E-state index is 0.0512. The number of esters is 1. The zero-order chi connectivity index (χ0) is 14.7. The molecule has 106 valence electrons. The lowest BCUT2D eigenvalue weighted by molar-refractivity contribution is -0.384. The van der Waals surface area contributed by atoms with Crippen LogP contribution in [0.3, 0.4) is 0 Å². The van der Waals surface area contributed by atoms with Crippen molar-refractivity contribution >= 4 is 11.7 Å². The fraction of sp³-hybridized carbons (Fsp3) is 0.308. The highest BCUT2D eigenvalue weighted by molar-refractivity contribution is 5.66. The van der Waals surface area contributed by atoms with Crippen molar-refractivity contribution in [1.29, 1.82) is 0 Å². The van der Waals surface area contributed by atoms with Crippen LogP contribution in [0.4, 0.5) is 5.69 Å². The summed E-state index contributed by atoms with van der Waals surface area (Å²) >= 11 is 0. The monoisotopic (exact) mass is 279 g/mol. The number of carbonyl (C=O) groups excluding carboxylic acids is 1. The number of non-ortho nitro benzene ring substituents is 1. The number of hydrogen-bond acceptors (Lipinski definition) is 6. The van der Waals surface area contributed by atoms with Crippen LogP contribution in [0.5, 0.6) is 0 Å². The summed E-state index contributed by atoms with van der Waals surface area (Å²) in [5, 5.41) is 20.4. The zero-order valence-electron chi connectivity index (χ0n) is 10.6. The quantitative estimate of drug-likeness (QED) is 0.511. The van der Waals surface area contributed by atoms with Gasteiger partial charge >= 0.3 is 5.97 Å². The summed E-state index contributed by atoms with van der Waals surface area (Å²) in [6.45, 7) is 1.23. The van der Waals surface area contributed by atoms with E-state index in [0.717, 1.165) is 0 Å². The number of benzene rings is 1. The summed E-state index contributed by atoms with van der Waals surface area (Å²) in [4.78, 5) is 21.2. The fourth-order valence-corrected chi connectivity index (χ4v) is 1.95. The molecule has 0 saturated heterocycles. The molecule has 0 aliphatic carbocycles. The SMILES string of the molecule is CC(=O)O[C@@H]1[C@H](O)C=CO[C@@H]1c1ccc([N+](=O)[O-])cc1. The number of aliphatic hydroxyl groups is 1. The average molecular weight is 279 g/mol. The van der Waals surface area contributed by atoms with Gasteiger partial charge in [-0.1, -0.05) is 0 Å². The molecule has 1 aromatic carbocycles. The van der Waals surface area contributed by atoms with Crippen LogP contribution < -0.4 is 0 Å². The van der Waals surface area contributed by atoms with Gasteiger partial charge in [-0.15, -0.1) is 0 Å². The van der Waals surface area contributed by atoms with Gasteiger partial charge < -0.3 is 14.6 Å². The second kappa shape index (κ2) is 5.70. The maximum atomic E-state index is 11.1. The molecule has 2 rings (SSSR count). The van der Waals surface area contributed by atoms with Crippen molar-refractivity contribution < 1.29 is 24.3 Å². The van der Waals surface area contributed by atoms with Gasteiger partial charge in [-0.25, -0.2) is 0 Å². The first-order chi connectivity index (χ1) is 9.49. The van der Waals surface area contributed by atoms with E-state index < -0.39 is 29.2 Å². The third-order valence-electron chi connectivity index (χ3n) is 2.87. The largest absolute Gasteiger partial charge is 0.490 e. The Morgan fingerprint density at radius 1 is 1.40 bits per heavy atom. The van der Waals surface area contributed by atoms with Crippen LogP contribution >= 0.6 is 0 Å². The Morgan fingerprint density at radius 3 is 2.60 bits per heavy atom. The van der Waals surface area contributed by atoms with Gasteiger partial charge in [0, 0.05) is 19.1 Å². The van der Waals surface area contributed by atoms with Crippen LogP contribution in [0, 0.1) is 10.1 Å². The number of carbonyl (C=O) groups is 1. The molecule has 0 aromatic heterocycles. The van der Waals surface area contributed by atoms with E-state index in [2.05, 4.69) is 0 Å². The average Bonchev–Trinajstić information content (AvgIpc) is 2.41. The van der Waals surface area contributed by atoms with Crippen molar-refractivity contribution in [3.63, 3.8) is 0 Å². The molecule has 0 saturated carbocycles. The van der Waals surface area contributed by atoms with Crippen molar-refractivity contribution in [1.82, 2.24) is 0 Å². The minimum Gasteiger partial charge on any atom is -0.490 e. The van der Waals surface area contributed by atoms with E-state index in [1.54, 1.807) is 0 Å². The first-order valence-corrected chi connectivity index (χ1v) is 5.91. The fourth-order valence-electron chi connectivity index (χ4n) is 1.95. The molecule has 1 aromatic rings. The number of rotatable bonds is 3. The van der Waals surface area contributed by atoms with E-state index in [-0.39, 0.29) is 5.69 Å². The zero-order valence-corrected chi connectivity index (χ0v) is 10.6. The smallest absolute Gasteiger partial charge is 0.303 e. The maximum Gasteiger partial charge on any atom is 0.303 e. The van der Waals surface area contributed by atoms with Crippen molar-refractivity contribution in [2.24, 2.45) is 0 Å². The van der Waals surface area contributed by atoms with Gasteiger partial charge in [0.05, 0.1) is 11.2 Å². The molecule has 0 fully saturated rings. The van der Waals surface area contributed by atoms with Gasteiger partial charge in [0.15, 0.2) is 12.2 Å². The van der Waals surface area contributed by atoms with E-state index in [4.69, 9.17) is 9.47 Å². The number of aliphatic hydroxyl groups excluding tert-OH is 1. The second-order valence-corrected chi connectivity index (χ2v) is 4.30. The number of nitrogens with zero attached hydrogens (tertiary/aromatic N) is 1. The Morgan fingerprint density at radius 2 is 2.05 bits per heavy atom. The Labute approximate surface area is 114 Å². The van der Waals surface area contributed by atoms with E-state index in [1.807, 2.05) is 0 Å². The second-order valence-electron chi connectivity index (χ2n) is 4.30. The lowest BCUT2D eigenvalue weighted by Gasteiger charge is -2.31. The predicted molar refractivity (Wildman–Crippen MR) is 67.6 cm³/mol. The van der Waals surface area contributed by atoms with Gasteiger partial charge in [0.1, 0.15) is 6.10 Å². The number of nitro benzene ring substituents is 1. The topological polar surface area (TPSA) is 98.9 Å². The minimum atomic E-state index is -0.993. The lowest BCUT2D eigenvalue weighted by Crippen LogP contribution is -2.38. The Kier molecular flexibility index (Phi) is 3.99. The standard InChI is InChI=1S/C13H13NO6/c1-8(15)20-13-11(16)6-7-19-12(13)9-2-4-10(5-3-9)14(17)18/h2-7,11-13,16H,1H3/t11-,12-,13-/m1/s1. The molecular weight excluding hydrogens is 266 g/mol. The van der Waals surface area contributed by atoms with Crippen molar-refractivity contribution in [2.75, 3.05) is 0 Å². The summed E-state index contributed by atoms with van der Waals surface area (Å²) in [7, 11) is 0. The summed E-state index contributed by atoms with van der Waals surface area (Å²) in [6.07, 6.45) is 0.0955. The van der Waals surface area contributed by atoms with Crippen LogP contribution in [0.25, 0.3) is 0 Å². The number of ether oxygens (including phenoxy) is 2. The first-order valence-electron chi connectivity index (χ1n) is 5.91. The third kappa shape index (κ3) is 2.94. The van der Waals surface area contributed by atoms with E-state index in [0.29, 0.717) is 5.56 Å². The molecule has 1 aliphatic heterocycles. The van der Waals surface area contributed by atoms with Gasteiger partial charge in [-0.2, -0.15) is 0 Å². The molecule has 7 nitrogen and oxygen atoms in total. The van der Waals surface area contributed by atoms with E-state index in [1.165, 1.54) is 43.5 Å². The summed E-state index contributed by atoms with van der Waals surface area (Å²) < 4.78 is 10.4. The molecule has 1 N–H and O–H groups in total. The molecule has 1 aliphatic rings. The predicted octanol–water partition coefficient (Wildman–Crippen LogP) is 1.47. The Bertz CT molecular complexity index is 538. The van der Waals surface area contributed by atoms with Crippen LogP contribution in [-0.4, -0.2) is 28.2 Å². The highest BCUT2D eigenvalue weighted by Crippen LogP contribution is 2.30. The highest BCUT2D eigenvalue weighted by Gasteiger charge is 2.35. The molecule has 0 unspecified atom stereocenters. The lowest BCUT2D eigenvalue weighted by atomic mass is 9.98. The molecule has 0 bridgehead atoms. The molecule has 3 atom stereocenters. The number of hydrogen-bond donors (Lipinski definition) is 1. The number of nitro groups is 1. The highest BCUT2D eigenvalue weighted by atomic mass is 16.6. The summed E-state index contributed by atoms with van der Waals surface area (Å²) in [5.41, 5.74) is 0.523. The Hall–Kier alpha value is -2.41. The normalized spacial score (nSPS) is 24.8. The van der Waals surface area contributed by atoms with Gasteiger partial charge in [0.2, 0.25) is 0 Å². The first kappa shape index (κ1) is 14.0. The molecular formula is C13H13NO6. The molecule has 0 spiro atoms.